The lowest BCUT2D eigenvalue weighted by atomic mass is 9.97. The average molecular weight is 687 g/mol. The maximum Gasteiger partial charge on any atom is 0.363 e. The first-order chi connectivity index (χ1) is 22.7. The first-order valence-electron chi connectivity index (χ1n) is 13.7. The van der Waals surface area contributed by atoms with Gasteiger partial charge in [-0.25, -0.2) is 26.4 Å². The molecule has 48 heavy (non-hydrogen) atoms. The largest absolute Gasteiger partial charge is 0.508 e. The zero-order valence-corrected chi connectivity index (χ0v) is 25.8. The van der Waals surface area contributed by atoms with Crippen molar-refractivity contribution in [1.82, 2.24) is 4.48 Å². The van der Waals surface area contributed by atoms with Gasteiger partial charge >= 0.3 is 11.8 Å². The van der Waals surface area contributed by atoms with Crippen LogP contribution in [0.5, 0.6) is 5.75 Å². The molecule has 16 heteroatoms. The Morgan fingerprint density at radius 2 is 0.792 bits per heavy atom. The average Bonchev–Trinajstić information content (AvgIpc) is 3.08. The highest BCUT2D eigenvalue weighted by molar-refractivity contribution is 7.91. The van der Waals surface area contributed by atoms with E-state index in [2.05, 4.69) is 0 Å². The summed E-state index contributed by atoms with van der Waals surface area (Å²) in [6.07, 6.45) is 0. The number of carbonyl (C=O) groups is 2. The molecule has 0 aliphatic carbocycles. The van der Waals surface area contributed by atoms with Gasteiger partial charge < -0.3 is 5.11 Å². The molecule has 0 spiro atoms. The molecular formula is C32H20N3O11S2+. The van der Waals surface area contributed by atoms with Crippen LogP contribution in [0.3, 0.4) is 0 Å². The molecule has 1 aliphatic heterocycles. The first kappa shape index (κ1) is 31.9. The molecule has 0 atom stereocenters. The van der Waals surface area contributed by atoms with Crippen molar-refractivity contribution in [2.45, 2.75) is 19.6 Å². The minimum absolute atomic E-state index is 0.00934. The van der Waals surface area contributed by atoms with Gasteiger partial charge in [0, 0.05) is 48.5 Å². The summed E-state index contributed by atoms with van der Waals surface area (Å²) in [5.74, 6) is -1.98. The summed E-state index contributed by atoms with van der Waals surface area (Å²) in [4.78, 5) is 48.0. The number of nitro groups is 2. The number of fused-ring (bicyclic) bond motifs is 2. The molecule has 5 aromatic carbocycles. The number of rotatable bonds is 8. The summed E-state index contributed by atoms with van der Waals surface area (Å²) in [6, 6.07) is 21.8. The van der Waals surface area contributed by atoms with Crippen molar-refractivity contribution < 1.29 is 41.4 Å². The van der Waals surface area contributed by atoms with Crippen molar-refractivity contribution in [3.63, 3.8) is 0 Å². The molecule has 1 aliphatic rings. The Bertz CT molecular complexity index is 2220. The minimum Gasteiger partial charge on any atom is -0.508 e. The second-order valence-corrected chi connectivity index (χ2v) is 14.4. The molecule has 0 radical (unpaired) electrons. The van der Waals surface area contributed by atoms with E-state index in [1.807, 2.05) is 0 Å². The van der Waals surface area contributed by atoms with Crippen LogP contribution in [0.15, 0.2) is 135 Å². The lowest BCUT2D eigenvalue weighted by Crippen LogP contribution is -2.56. The number of imide groups is 1. The van der Waals surface area contributed by atoms with Crippen LogP contribution < -0.4 is 4.48 Å². The zero-order chi connectivity index (χ0) is 34.6. The molecule has 2 amide bonds. The number of quaternary nitrogens is 1. The van der Waals surface area contributed by atoms with Gasteiger partial charge in [-0.1, -0.05) is 0 Å². The van der Waals surface area contributed by atoms with E-state index in [-0.39, 0.29) is 59.2 Å². The van der Waals surface area contributed by atoms with E-state index in [4.69, 9.17) is 0 Å². The van der Waals surface area contributed by atoms with Crippen molar-refractivity contribution in [2.75, 3.05) is 0 Å². The number of nitrogens with zero attached hydrogens (tertiary/aromatic N) is 3. The van der Waals surface area contributed by atoms with E-state index in [0.29, 0.717) is 0 Å². The molecule has 6 rings (SSSR count). The number of benzene rings is 5. The normalized spacial score (nSPS) is 14.0. The van der Waals surface area contributed by atoms with Gasteiger partial charge in [-0.05, 0) is 66.7 Å². The highest BCUT2D eigenvalue weighted by atomic mass is 32.2. The number of nitro benzene ring substituents is 2. The molecule has 240 valence electrons. The van der Waals surface area contributed by atoms with Crippen LogP contribution in [0, 0.1) is 20.2 Å². The quantitative estimate of drug-likeness (QED) is 0.0931. The Balaban J connectivity index is 1.45. The van der Waals surface area contributed by atoms with Crippen molar-refractivity contribution >= 4 is 54.2 Å². The molecule has 5 aromatic rings. The first-order valence-corrected chi connectivity index (χ1v) is 16.7. The van der Waals surface area contributed by atoms with Gasteiger partial charge in [-0.3, -0.25) is 20.2 Å². The van der Waals surface area contributed by atoms with Gasteiger partial charge in [0.05, 0.1) is 40.6 Å². The van der Waals surface area contributed by atoms with Gasteiger partial charge in [0.2, 0.25) is 19.7 Å². The second kappa shape index (κ2) is 11.3. The molecule has 1 N–H and O–H groups in total. The van der Waals surface area contributed by atoms with Crippen molar-refractivity contribution in [3.8, 4) is 5.75 Å². The predicted octanol–water partition coefficient (Wildman–Crippen LogP) is 5.51. The lowest BCUT2D eigenvalue weighted by molar-refractivity contribution is -0.385. The third-order valence-corrected chi connectivity index (χ3v) is 11.4. The maximum absolute atomic E-state index is 14.1. The standard InChI is InChI=1S/C32H19N3O11S2/c36-26-18-20-17-21(19-26)32(38)35(31(20)37,24-5-13-29(14-6-24)47(43,44)27-9-1-22(2-10-27)33(39)40)25-7-15-30(16-8-25)48(45,46)28-11-3-23(4-12-28)34(41)42/h1-19H/p+1. The Labute approximate surface area is 271 Å². The summed E-state index contributed by atoms with van der Waals surface area (Å²) in [6.45, 7) is 0. The minimum atomic E-state index is -4.19. The summed E-state index contributed by atoms with van der Waals surface area (Å²) in [7, 11) is -8.37. The highest BCUT2D eigenvalue weighted by Crippen LogP contribution is 2.43. The molecule has 0 aromatic heterocycles. The van der Waals surface area contributed by atoms with Crippen LogP contribution in [0.2, 0.25) is 0 Å². The molecule has 0 fully saturated rings. The third kappa shape index (κ3) is 5.00. The van der Waals surface area contributed by atoms with Gasteiger partial charge in [0.15, 0.2) is 11.4 Å². The Morgan fingerprint density at radius 3 is 1.08 bits per heavy atom. The molecule has 2 bridgehead atoms. The van der Waals surface area contributed by atoms with Crippen molar-refractivity contribution in [3.05, 3.63) is 147 Å². The van der Waals surface area contributed by atoms with Crippen molar-refractivity contribution in [2.24, 2.45) is 0 Å². The number of phenols is 1. The van der Waals surface area contributed by atoms with E-state index in [9.17, 15) is 51.8 Å². The Morgan fingerprint density at radius 1 is 0.500 bits per heavy atom. The van der Waals surface area contributed by atoms with Crippen LogP contribution in [-0.4, -0.2) is 43.6 Å². The van der Waals surface area contributed by atoms with Gasteiger partial charge in [-0.15, -0.1) is 4.48 Å². The molecule has 0 unspecified atom stereocenters. The summed E-state index contributed by atoms with van der Waals surface area (Å²) in [5.41, 5.74) is -0.725. The van der Waals surface area contributed by atoms with Crippen molar-refractivity contribution in [1.29, 1.82) is 0 Å². The fourth-order valence-corrected chi connectivity index (χ4v) is 7.94. The monoisotopic (exact) mass is 686 g/mol. The molecule has 14 nitrogen and oxygen atoms in total. The third-order valence-electron chi connectivity index (χ3n) is 7.81. The van der Waals surface area contributed by atoms with Gasteiger partial charge in [0.1, 0.15) is 5.75 Å². The SMILES string of the molecule is O=C1c2cc(O)cc(c2)C(=O)[N+]1(c1ccc(S(=O)(=O)c2ccc([N+](=O)[O-])cc2)cc1)c1ccc(S(=O)(=O)c2ccc([N+](=O)[O-])cc2)cc1. The van der Waals surface area contributed by atoms with E-state index >= 15 is 0 Å². The summed E-state index contributed by atoms with van der Waals surface area (Å²) < 4.78 is 52.1. The lowest BCUT2D eigenvalue weighted by Gasteiger charge is -2.35. The topological polar surface area (TPSA) is 209 Å². The number of carbonyl (C=O) groups excluding carboxylic acids is 2. The van der Waals surface area contributed by atoms with Crippen LogP contribution in [0.25, 0.3) is 0 Å². The molecule has 0 saturated heterocycles. The van der Waals surface area contributed by atoms with Crippen LogP contribution >= 0.6 is 0 Å². The number of non-ortho nitro benzene ring substituents is 2. The second-order valence-electron chi connectivity index (χ2n) is 10.5. The summed E-state index contributed by atoms with van der Waals surface area (Å²) >= 11 is 0. The fraction of sp³-hybridized carbons (Fsp3) is 0. The van der Waals surface area contributed by atoms with Crippen LogP contribution in [0.4, 0.5) is 22.7 Å². The highest BCUT2D eigenvalue weighted by Gasteiger charge is 2.53. The number of hydrogen-bond acceptors (Lipinski definition) is 11. The van der Waals surface area contributed by atoms with Gasteiger partial charge in [0.25, 0.3) is 11.4 Å². The smallest absolute Gasteiger partial charge is 0.363 e. The van der Waals surface area contributed by atoms with Crippen LogP contribution in [0.1, 0.15) is 20.7 Å². The number of hydrogen-bond donors (Lipinski definition) is 1. The predicted molar refractivity (Wildman–Crippen MR) is 168 cm³/mol. The number of phenolic OH excluding ortho intramolecular Hbond substituents is 1. The fourth-order valence-electron chi connectivity index (χ4n) is 5.42. The Hall–Kier alpha value is -6.10. The number of aromatic hydroxyl groups is 1. The van der Waals surface area contributed by atoms with Gasteiger partial charge in [-0.2, -0.15) is 0 Å². The van der Waals surface area contributed by atoms with Crippen LogP contribution in [-0.2, 0) is 19.7 Å². The van der Waals surface area contributed by atoms with E-state index < -0.39 is 45.8 Å². The number of sulfone groups is 2. The van der Waals surface area contributed by atoms with E-state index in [1.165, 1.54) is 54.6 Å². The molecule has 1 heterocycles. The van der Waals surface area contributed by atoms with E-state index in [1.54, 1.807) is 0 Å². The van der Waals surface area contributed by atoms with E-state index in [0.717, 1.165) is 60.7 Å². The molecule has 0 saturated carbocycles. The zero-order valence-electron chi connectivity index (χ0n) is 24.2. The Kier molecular flexibility index (Phi) is 7.50. The maximum atomic E-state index is 14.1. The number of amides is 2. The molecular weight excluding hydrogens is 666 g/mol. The summed E-state index contributed by atoms with van der Waals surface area (Å²) in [5, 5.41) is 32.1.